The molecule has 0 spiro atoms. The fourth-order valence-corrected chi connectivity index (χ4v) is 4.37. The Hall–Kier alpha value is -2.65. The highest BCUT2D eigenvalue weighted by atomic mass is 19.1. The summed E-state index contributed by atoms with van der Waals surface area (Å²) in [5.41, 5.74) is 4.21. The van der Waals surface area contributed by atoms with Crippen molar-refractivity contribution in [1.29, 1.82) is 5.26 Å². The molecule has 1 fully saturated rings. The van der Waals surface area contributed by atoms with Crippen LogP contribution in [0.3, 0.4) is 0 Å². The molecule has 0 bridgehead atoms. The summed E-state index contributed by atoms with van der Waals surface area (Å²) in [6, 6.07) is 5.33. The van der Waals surface area contributed by atoms with Crippen LogP contribution in [0.5, 0.6) is 0 Å². The molecular formula is C23H27FN4O. The van der Waals surface area contributed by atoms with Gasteiger partial charge in [-0.1, -0.05) is 26.0 Å². The molecule has 0 saturated heterocycles. The lowest BCUT2D eigenvalue weighted by Crippen LogP contribution is -2.28. The van der Waals surface area contributed by atoms with E-state index in [1.54, 1.807) is 0 Å². The van der Waals surface area contributed by atoms with Crippen molar-refractivity contribution in [3.63, 3.8) is 0 Å². The fraction of sp³-hybridized carbons (Fsp3) is 0.478. The van der Waals surface area contributed by atoms with Gasteiger partial charge in [0, 0.05) is 17.7 Å². The third kappa shape index (κ3) is 3.79. The number of halogens is 1. The van der Waals surface area contributed by atoms with Gasteiger partial charge in [0.25, 0.3) is 0 Å². The molecule has 4 rings (SSSR count). The van der Waals surface area contributed by atoms with Gasteiger partial charge in [-0.25, -0.2) is 9.07 Å². The lowest BCUT2D eigenvalue weighted by Gasteiger charge is -2.28. The molecule has 152 valence electrons. The zero-order chi connectivity index (χ0) is 20.8. The van der Waals surface area contributed by atoms with Gasteiger partial charge in [-0.3, -0.25) is 0 Å². The number of anilines is 1. The molecule has 5 nitrogen and oxygen atoms in total. The summed E-state index contributed by atoms with van der Waals surface area (Å²) in [4.78, 5) is 0. The first-order valence-corrected chi connectivity index (χ1v) is 10.2. The predicted molar refractivity (Wildman–Crippen MR) is 111 cm³/mol. The van der Waals surface area contributed by atoms with E-state index < -0.39 is 5.82 Å². The van der Waals surface area contributed by atoms with Crippen LogP contribution in [0.2, 0.25) is 0 Å². The number of nitrogens with zero attached hydrogens (tertiary/aromatic N) is 3. The largest absolute Gasteiger partial charge is 0.393 e. The number of aliphatic hydroxyl groups is 1. The summed E-state index contributed by atoms with van der Waals surface area (Å²) in [5.74, 6) is -0.546. The van der Waals surface area contributed by atoms with Crippen LogP contribution < -0.4 is 5.32 Å². The van der Waals surface area contributed by atoms with E-state index in [9.17, 15) is 14.8 Å². The molecule has 1 saturated carbocycles. The van der Waals surface area contributed by atoms with Crippen LogP contribution in [0.25, 0.3) is 11.8 Å². The topological polar surface area (TPSA) is 73.9 Å². The highest BCUT2D eigenvalue weighted by molar-refractivity contribution is 5.65. The molecule has 6 heteroatoms. The molecule has 2 aliphatic rings. The highest BCUT2D eigenvalue weighted by Gasteiger charge is 2.27. The molecule has 2 aromatic rings. The van der Waals surface area contributed by atoms with Crippen molar-refractivity contribution in [1.82, 2.24) is 9.78 Å². The monoisotopic (exact) mass is 394 g/mol. The number of aryl methyl sites for hydroxylation is 1. The maximum absolute atomic E-state index is 14.8. The number of rotatable bonds is 3. The number of nitriles is 1. The Bertz CT molecular complexity index is 1010. The van der Waals surface area contributed by atoms with Crippen molar-refractivity contribution < 1.29 is 9.50 Å². The minimum absolute atomic E-state index is 0.00632. The van der Waals surface area contributed by atoms with Crippen LogP contribution in [0.4, 0.5) is 10.1 Å². The van der Waals surface area contributed by atoms with Gasteiger partial charge in [-0.05, 0) is 50.5 Å². The number of nitrogens with one attached hydrogen (secondary N) is 1. The molecule has 0 radical (unpaired) electrons. The van der Waals surface area contributed by atoms with Crippen LogP contribution in [-0.4, -0.2) is 27.0 Å². The summed E-state index contributed by atoms with van der Waals surface area (Å²) in [5, 5.41) is 27.2. The van der Waals surface area contributed by atoms with E-state index in [4.69, 9.17) is 0 Å². The first-order valence-electron chi connectivity index (χ1n) is 10.2. The molecule has 29 heavy (non-hydrogen) atoms. The van der Waals surface area contributed by atoms with E-state index in [1.165, 1.54) is 6.07 Å². The van der Waals surface area contributed by atoms with Crippen LogP contribution >= 0.6 is 0 Å². The van der Waals surface area contributed by atoms with Gasteiger partial charge in [-0.15, -0.1) is 0 Å². The van der Waals surface area contributed by atoms with Gasteiger partial charge >= 0.3 is 0 Å². The average molecular weight is 394 g/mol. The number of benzene rings is 1. The summed E-state index contributed by atoms with van der Waals surface area (Å²) in [6.45, 7) is 6.30. The summed E-state index contributed by atoms with van der Waals surface area (Å²) < 4.78 is 16.7. The Kier molecular flexibility index (Phi) is 4.95. The molecule has 1 heterocycles. The fourth-order valence-electron chi connectivity index (χ4n) is 4.37. The first kappa shape index (κ1) is 19.7. The first-order chi connectivity index (χ1) is 13.8. The number of fused-ring (bicyclic) bond motifs is 1. The van der Waals surface area contributed by atoms with Crippen molar-refractivity contribution in [2.75, 3.05) is 5.32 Å². The number of hydrogen-bond donors (Lipinski definition) is 2. The zero-order valence-corrected chi connectivity index (χ0v) is 17.2. The average Bonchev–Trinajstić information content (AvgIpc) is 2.98. The molecule has 0 amide bonds. The second kappa shape index (κ2) is 7.31. The third-order valence-corrected chi connectivity index (χ3v) is 6.02. The van der Waals surface area contributed by atoms with Crippen LogP contribution in [0.1, 0.15) is 62.0 Å². The van der Waals surface area contributed by atoms with Gasteiger partial charge in [-0.2, -0.15) is 10.4 Å². The Morgan fingerprint density at radius 1 is 1.28 bits per heavy atom. The smallest absolute Gasteiger partial charge is 0.145 e. The number of aliphatic hydroxyl groups excluding tert-OH is 1. The van der Waals surface area contributed by atoms with Gasteiger partial charge in [0.15, 0.2) is 0 Å². The van der Waals surface area contributed by atoms with E-state index in [2.05, 4.69) is 36.4 Å². The quantitative estimate of drug-likeness (QED) is 0.804. The Labute approximate surface area is 170 Å². The van der Waals surface area contributed by atoms with Gasteiger partial charge in [0.05, 0.1) is 28.9 Å². The number of allylic oxidation sites excluding steroid dienone is 1. The standard InChI is InChI=1S/C23H27FN4O/c1-14-18-8-9-23(2,3)12-22(18)28(27-14)16-10-20(24)19(13-25)21(11-16)26-15-4-6-17(29)7-5-15/h8-11,15,17,26,29H,4-7,12H2,1-3H3. The predicted octanol–water partition coefficient (Wildman–Crippen LogP) is 4.50. The van der Waals surface area contributed by atoms with E-state index in [1.807, 2.05) is 23.7 Å². The van der Waals surface area contributed by atoms with Gasteiger partial charge in [0.1, 0.15) is 17.4 Å². The Balaban J connectivity index is 1.74. The van der Waals surface area contributed by atoms with E-state index >= 15 is 0 Å². The molecule has 0 atom stereocenters. The SMILES string of the molecule is Cc1nn(-c2cc(F)c(C#N)c(NC3CCC(O)CC3)c2)c2c1C=CC(C)(C)C2. The molecule has 0 aliphatic heterocycles. The Morgan fingerprint density at radius 3 is 2.69 bits per heavy atom. The van der Waals surface area contributed by atoms with Crippen molar-refractivity contribution in [3.8, 4) is 11.8 Å². The minimum Gasteiger partial charge on any atom is -0.393 e. The molecule has 1 aromatic carbocycles. The molecule has 0 unspecified atom stereocenters. The van der Waals surface area contributed by atoms with E-state index in [0.717, 1.165) is 49.1 Å². The summed E-state index contributed by atoms with van der Waals surface area (Å²) in [6.07, 6.45) is 7.87. The normalized spacial score (nSPS) is 22.8. The molecular weight excluding hydrogens is 367 g/mol. The lowest BCUT2D eigenvalue weighted by molar-refractivity contribution is 0.126. The second-order valence-corrected chi connectivity index (χ2v) is 8.97. The zero-order valence-electron chi connectivity index (χ0n) is 17.2. The summed E-state index contributed by atoms with van der Waals surface area (Å²) in [7, 11) is 0. The van der Waals surface area contributed by atoms with Gasteiger partial charge in [0.2, 0.25) is 0 Å². The Morgan fingerprint density at radius 2 is 2.00 bits per heavy atom. The van der Waals surface area contributed by atoms with Gasteiger partial charge < -0.3 is 10.4 Å². The van der Waals surface area contributed by atoms with Crippen LogP contribution in [-0.2, 0) is 6.42 Å². The third-order valence-electron chi connectivity index (χ3n) is 6.02. The minimum atomic E-state index is -0.546. The van der Waals surface area contributed by atoms with E-state index in [0.29, 0.717) is 11.4 Å². The summed E-state index contributed by atoms with van der Waals surface area (Å²) >= 11 is 0. The number of aromatic nitrogens is 2. The van der Waals surface area contributed by atoms with Crippen LogP contribution in [0.15, 0.2) is 18.2 Å². The van der Waals surface area contributed by atoms with Crippen LogP contribution in [0, 0.1) is 29.5 Å². The molecule has 2 aliphatic carbocycles. The second-order valence-electron chi connectivity index (χ2n) is 8.97. The number of hydrogen-bond acceptors (Lipinski definition) is 4. The maximum Gasteiger partial charge on any atom is 0.145 e. The molecule has 2 N–H and O–H groups in total. The maximum atomic E-state index is 14.8. The van der Waals surface area contributed by atoms with Crippen molar-refractivity contribution in [3.05, 3.63) is 46.5 Å². The highest BCUT2D eigenvalue weighted by Crippen LogP contribution is 2.35. The van der Waals surface area contributed by atoms with Crippen molar-refractivity contribution >= 4 is 11.8 Å². The van der Waals surface area contributed by atoms with E-state index in [-0.39, 0.29) is 23.1 Å². The molecule has 1 aromatic heterocycles. The van der Waals surface area contributed by atoms with Crippen molar-refractivity contribution in [2.45, 2.75) is 65.0 Å². The van der Waals surface area contributed by atoms with Crippen molar-refractivity contribution in [2.24, 2.45) is 5.41 Å². The lowest BCUT2D eigenvalue weighted by atomic mass is 9.82.